The summed E-state index contributed by atoms with van der Waals surface area (Å²) in [5.74, 6) is 0.879. The van der Waals surface area contributed by atoms with Crippen LogP contribution >= 0.6 is 0 Å². The average Bonchev–Trinajstić information content (AvgIpc) is 3.37. The molecule has 0 atom stereocenters. The van der Waals surface area contributed by atoms with Gasteiger partial charge in [-0.25, -0.2) is 4.68 Å². The molecule has 1 aromatic carbocycles. The quantitative estimate of drug-likeness (QED) is 0.633. The second kappa shape index (κ2) is 7.98. The number of carbonyl (C=O) groups is 1. The summed E-state index contributed by atoms with van der Waals surface area (Å²) in [4.78, 5) is 12.8. The summed E-state index contributed by atoms with van der Waals surface area (Å²) in [6.45, 7) is 6.09. The van der Waals surface area contributed by atoms with E-state index in [0.29, 0.717) is 17.4 Å². The topological polar surface area (TPSA) is 87.6 Å². The standard InChI is InChI=1S/C21H26N6O/c1-14(2)27-20(13-18(26-27)15-6-4-3-5-7-15)23-21(28)19-12-17(24-25-19)16-8-10-22-11-9-16/h3-7,12-14,16,22H,8-11H2,1-2H3,(H,23,28)(H,24,25). The van der Waals surface area contributed by atoms with E-state index < -0.39 is 0 Å². The van der Waals surface area contributed by atoms with E-state index in [9.17, 15) is 4.79 Å². The lowest BCUT2D eigenvalue weighted by molar-refractivity contribution is 0.102. The predicted molar refractivity (Wildman–Crippen MR) is 109 cm³/mol. The first-order valence-corrected chi connectivity index (χ1v) is 9.84. The number of nitrogens with one attached hydrogen (secondary N) is 3. The SMILES string of the molecule is CC(C)n1nc(-c2ccccc2)cc1NC(=O)c1cc(C2CCNCC2)[nH]n1. The second-order valence-electron chi connectivity index (χ2n) is 7.51. The Balaban J connectivity index is 1.54. The number of H-pyrrole nitrogens is 1. The molecule has 0 spiro atoms. The fourth-order valence-electron chi connectivity index (χ4n) is 3.61. The summed E-state index contributed by atoms with van der Waals surface area (Å²) in [6.07, 6.45) is 2.12. The highest BCUT2D eigenvalue weighted by atomic mass is 16.2. The Morgan fingerprint density at radius 1 is 1.18 bits per heavy atom. The van der Waals surface area contributed by atoms with Gasteiger partial charge >= 0.3 is 0 Å². The molecule has 1 fully saturated rings. The molecular weight excluding hydrogens is 352 g/mol. The lowest BCUT2D eigenvalue weighted by Gasteiger charge is -2.20. The number of benzene rings is 1. The van der Waals surface area contributed by atoms with E-state index in [4.69, 9.17) is 0 Å². The molecule has 2 aromatic heterocycles. The molecule has 7 heteroatoms. The van der Waals surface area contributed by atoms with E-state index in [0.717, 1.165) is 42.9 Å². The Bertz CT molecular complexity index is 937. The number of nitrogens with zero attached hydrogens (tertiary/aromatic N) is 3. The molecule has 0 unspecified atom stereocenters. The third-order valence-electron chi connectivity index (χ3n) is 5.15. The molecule has 0 radical (unpaired) electrons. The minimum absolute atomic E-state index is 0.122. The summed E-state index contributed by atoms with van der Waals surface area (Å²) >= 11 is 0. The van der Waals surface area contributed by atoms with Crippen LogP contribution < -0.4 is 10.6 Å². The number of hydrogen-bond donors (Lipinski definition) is 3. The molecule has 4 rings (SSSR count). The molecule has 146 valence electrons. The van der Waals surface area contributed by atoms with Crippen LogP contribution in [0.15, 0.2) is 42.5 Å². The van der Waals surface area contributed by atoms with Crippen molar-refractivity contribution in [2.24, 2.45) is 0 Å². The number of piperidine rings is 1. The van der Waals surface area contributed by atoms with E-state index in [1.54, 1.807) is 0 Å². The zero-order valence-corrected chi connectivity index (χ0v) is 16.3. The predicted octanol–water partition coefficient (Wildman–Crippen LogP) is 3.57. The maximum absolute atomic E-state index is 12.8. The number of rotatable bonds is 5. The number of aromatic amines is 1. The van der Waals surface area contributed by atoms with Gasteiger partial charge in [-0.15, -0.1) is 0 Å². The van der Waals surface area contributed by atoms with Gasteiger partial charge in [0.15, 0.2) is 5.69 Å². The van der Waals surface area contributed by atoms with Crippen molar-refractivity contribution >= 4 is 11.7 Å². The molecule has 3 aromatic rings. The first-order valence-electron chi connectivity index (χ1n) is 9.84. The molecule has 7 nitrogen and oxygen atoms in total. The summed E-state index contributed by atoms with van der Waals surface area (Å²) < 4.78 is 1.83. The molecule has 3 heterocycles. The molecule has 1 amide bonds. The molecule has 1 aliphatic heterocycles. The number of hydrogen-bond acceptors (Lipinski definition) is 4. The maximum Gasteiger partial charge on any atom is 0.277 e. The van der Waals surface area contributed by atoms with Crippen molar-refractivity contribution in [3.8, 4) is 11.3 Å². The zero-order valence-electron chi connectivity index (χ0n) is 16.3. The average molecular weight is 378 g/mol. The third kappa shape index (κ3) is 3.84. The number of carbonyl (C=O) groups excluding carboxylic acids is 1. The lowest BCUT2D eigenvalue weighted by Crippen LogP contribution is -2.26. The van der Waals surface area contributed by atoms with Gasteiger partial charge in [0.25, 0.3) is 5.91 Å². The molecular formula is C21H26N6O. The Morgan fingerprint density at radius 3 is 2.64 bits per heavy atom. The van der Waals surface area contributed by atoms with Crippen LogP contribution in [-0.4, -0.2) is 39.0 Å². The Hall–Kier alpha value is -2.93. The van der Waals surface area contributed by atoms with Gasteiger partial charge in [-0.3, -0.25) is 9.89 Å². The third-order valence-corrected chi connectivity index (χ3v) is 5.15. The van der Waals surface area contributed by atoms with Gasteiger partial charge in [0.1, 0.15) is 5.82 Å². The summed E-state index contributed by atoms with van der Waals surface area (Å²) in [5, 5.41) is 18.3. The minimum Gasteiger partial charge on any atom is -0.317 e. The van der Waals surface area contributed by atoms with Gasteiger partial charge in [0.2, 0.25) is 0 Å². The smallest absolute Gasteiger partial charge is 0.277 e. The summed E-state index contributed by atoms with van der Waals surface area (Å²) in [5.41, 5.74) is 3.30. The molecule has 28 heavy (non-hydrogen) atoms. The highest BCUT2D eigenvalue weighted by Gasteiger charge is 2.21. The zero-order chi connectivity index (χ0) is 19.5. The van der Waals surface area contributed by atoms with Crippen molar-refractivity contribution in [2.45, 2.75) is 38.6 Å². The number of amides is 1. The molecule has 1 saturated heterocycles. The van der Waals surface area contributed by atoms with Crippen LogP contribution in [0.2, 0.25) is 0 Å². The van der Waals surface area contributed by atoms with Gasteiger partial charge in [0.05, 0.1) is 5.69 Å². The highest BCUT2D eigenvalue weighted by Crippen LogP contribution is 2.26. The molecule has 1 aliphatic rings. The van der Waals surface area contributed by atoms with Gasteiger partial charge in [-0.2, -0.15) is 10.2 Å². The van der Waals surface area contributed by atoms with Crippen LogP contribution in [0.25, 0.3) is 11.3 Å². The van der Waals surface area contributed by atoms with E-state index in [-0.39, 0.29) is 11.9 Å². The molecule has 3 N–H and O–H groups in total. The van der Waals surface area contributed by atoms with Crippen LogP contribution in [0.4, 0.5) is 5.82 Å². The van der Waals surface area contributed by atoms with Gasteiger partial charge in [-0.1, -0.05) is 30.3 Å². The van der Waals surface area contributed by atoms with E-state index in [2.05, 4.69) is 25.9 Å². The van der Waals surface area contributed by atoms with Crippen LogP contribution in [-0.2, 0) is 0 Å². The Morgan fingerprint density at radius 2 is 1.93 bits per heavy atom. The fourth-order valence-corrected chi connectivity index (χ4v) is 3.61. The van der Waals surface area contributed by atoms with Crippen molar-refractivity contribution < 1.29 is 4.79 Å². The molecule has 0 saturated carbocycles. The van der Waals surface area contributed by atoms with Crippen LogP contribution in [0.1, 0.15) is 54.8 Å². The fraction of sp³-hybridized carbons (Fsp3) is 0.381. The van der Waals surface area contributed by atoms with E-state index in [1.807, 2.05) is 61.0 Å². The normalized spacial score (nSPS) is 15.1. The van der Waals surface area contributed by atoms with Crippen molar-refractivity contribution in [1.29, 1.82) is 0 Å². The molecule has 0 aliphatic carbocycles. The lowest BCUT2D eigenvalue weighted by atomic mass is 9.94. The van der Waals surface area contributed by atoms with Crippen molar-refractivity contribution in [3.63, 3.8) is 0 Å². The van der Waals surface area contributed by atoms with Crippen LogP contribution in [0.3, 0.4) is 0 Å². The highest BCUT2D eigenvalue weighted by molar-refractivity contribution is 6.02. The molecule has 0 bridgehead atoms. The van der Waals surface area contributed by atoms with Gasteiger partial charge < -0.3 is 10.6 Å². The van der Waals surface area contributed by atoms with E-state index >= 15 is 0 Å². The van der Waals surface area contributed by atoms with Crippen LogP contribution in [0, 0.1) is 0 Å². The van der Waals surface area contributed by atoms with Gasteiger partial charge in [0, 0.05) is 29.3 Å². The van der Waals surface area contributed by atoms with Crippen molar-refractivity contribution in [1.82, 2.24) is 25.3 Å². The Kier molecular flexibility index (Phi) is 5.25. The summed E-state index contributed by atoms with van der Waals surface area (Å²) in [6, 6.07) is 13.9. The number of anilines is 1. The summed E-state index contributed by atoms with van der Waals surface area (Å²) in [7, 11) is 0. The van der Waals surface area contributed by atoms with Crippen molar-refractivity contribution in [2.75, 3.05) is 18.4 Å². The monoisotopic (exact) mass is 378 g/mol. The van der Waals surface area contributed by atoms with Crippen molar-refractivity contribution in [3.05, 3.63) is 53.9 Å². The second-order valence-corrected chi connectivity index (χ2v) is 7.51. The first kappa shape index (κ1) is 18.4. The largest absolute Gasteiger partial charge is 0.317 e. The maximum atomic E-state index is 12.8. The van der Waals surface area contributed by atoms with E-state index in [1.165, 1.54) is 0 Å². The van der Waals surface area contributed by atoms with Crippen LogP contribution in [0.5, 0.6) is 0 Å². The number of aromatic nitrogens is 4. The Labute approximate surface area is 164 Å². The van der Waals surface area contributed by atoms with Gasteiger partial charge in [-0.05, 0) is 45.8 Å². The first-order chi connectivity index (χ1) is 13.6. The minimum atomic E-state index is -0.224.